The fraction of sp³-hybridized carbons (Fsp3) is 0.833. The standard InChI is InChI=1S/C12H25N3O3/c1-3-4-11(7-12(17)18)8-14-9-13-5-6-15-10(2)16/h11,13-14H,3-9H2,1-2H3,(H,15,16)(H,17,18). The molecule has 106 valence electrons. The Kier molecular flexibility index (Phi) is 10.3. The van der Waals surface area contributed by atoms with E-state index in [1.54, 1.807) is 0 Å². The van der Waals surface area contributed by atoms with Crippen molar-refractivity contribution < 1.29 is 14.7 Å². The zero-order chi connectivity index (χ0) is 13.8. The molecule has 1 amide bonds. The van der Waals surface area contributed by atoms with Crippen LogP contribution < -0.4 is 16.0 Å². The van der Waals surface area contributed by atoms with E-state index in [0.29, 0.717) is 26.3 Å². The molecule has 0 aliphatic heterocycles. The molecule has 0 bridgehead atoms. The molecule has 0 aromatic rings. The highest BCUT2D eigenvalue weighted by molar-refractivity contribution is 5.72. The Labute approximate surface area is 109 Å². The highest BCUT2D eigenvalue weighted by Crippen LogP contribution is 2.09. The van der Waals surface area contributed by atoms with Crippen molar-refractivity contribution >= 4 is 11.9 Å². The number of carbonyl (C=O) groups excluding carboxylic acids is 1. The molecule has 1 unspecified atom stereocenters. The topological polar surface area (TPSA) is 90.5 Å². The van der Waals surface area contributed by atoms with E-state index in [4.69, 9.17) is 5.11 Å². The van der Waals surface area contributed by atoms with Crippen LogP contribution in [0.1, 0.15) is 33.1 Å². The van der Waals surface area contributed by atoms with Gasteiger partial charge in [0.2, 0.25) is 5.91 Å². The second kappa shape index (κ2) is 11.0. The molecule has 0 aliphatic rings. The van der Waals surface area contributed by atoms with Crippen molar-refractivity contribution in [2.75, 3.05) is 26.3 Å². The van der Waals surface area contributed by atoms with E-state index >= 15 is 0 Å². The molecule has 1 atom stereocenters. The fourth-order valence-electron chi connectivity index (χ4n) is 1.71. The van der Waals surface area contributed by atoms with Crippen molar-refractivity contribution in [1.82, 2.24) is 16.0 Å². The van der Waals surface area contributed by atoms with E-state index in [1.807, 2.05) is 0 Å². The van der Waals surface area contributed by atoms with Gasteiger partial charge in [-0.25, -0.2) is 0 Å². The number of aliphatic carboxylic acids is 1. The van der Waals surface area contributed by atoms with Gasteiger partial charge in [-0.15, -0.1) is 0 Å². The third-order valence-electron chi connectivity index (χ3n) is 2.52. The summed E-state index contributed by atoms with van der Waals surface area (Å²) in [4.78, 5) is 21.2. The van der Waals surface area contributed by atoms with E-state index in [9.17, 15) is 9.59 Å². The third-order valence-corrected chi connectivity index (χ3v) is 2.52. The van der Waals surface area contributed by atoms with Gasteiger partial charge in [-0.05, 0) is 18.9 Å². The summed E-state index contributed by atoms with van der Waals surface area (Å²) in [5, 5.41) is 17.7. The Morgan fingerprint density at radius 2 is 1.94 bits per heavy atom. The Bertz CT molecular complexity index is 247. The van der Waals surface area contributed by atoms with Gasteiger partial charge in [0.1, 0.15) is 0 Å². The number of nitrogens with one attached hydrogen (secondary N) is 3. The lowest BCUT2D eigenvalue weighted by atomic mass is 10.00. The minimum absolute atomic E-state index is 0.0331. The first kappa shape index (κ1) is 16.9. The third kappa shape index (κ3) is 11.3. The number of carboxylic acid groups (broad SMARTS) is 1. The van der Waals surface area contributed by atoms with Crippen LogP contribution in [-0.4, -0.2) is 43.3 Å². The van der Waals surface area contributed by atoms with E-state index in [2.05, 4.69) is 22.9 Å². The van der Waals surface area contributed by atoms with Gasteiger partial charge in [-0.3, -0.25) is 9.59 Å². The molecule has 6 nitrogen and oxygen atoms in total. The smallest absolute Gasteiger partial charge is 0.303 e. The molecule has 0 aromatic carbocycles. The first-order valence-electron chi connectivity index (χ1n) is 6.44. The summed E-state index contributed by atoms with van der Waals surface area (Å²) in [6, 6.07) is 0. The molecule has 0 spiro atoms. The van der Waals surface area contributed by atoms with Crippen LogP contribution in [0.5, 0.6) is 0 Å². The monoisotopic (exact) mass is 259 g/mol. The molecule has 4 N–H and O–H groups in total. The number of carboxylic acids is 1. The Balaban J connectivity index is 3.48. The predicted molar refractivity (Wildman–Crippen MR) is 70.2 cm³/mol. The van der Waals surface area contributed by atoms with Gasteiger partial charge < -0.3 is 21.1 Å². The van der Waals surface area contributed by atoms with Gasteiger partial charge in [-0.1, -0.05) is 13.3 Å². The molecule has 18 heavy (non-hydrogen) atoms. The van der Waals surface area contributed by atoms with Gasteiger partial charge in [0.25, 0.3) is 0 Å². The van der Waals surface area contributed by atoms with Gasteiger partial charge in [0, 0.05) is 33.1 Å². The number of carbonyl (C=O) groups is 2. The Morgan fingerprint density at radius 1 is 1.22 bits per heavy atom. The molecule has 0 aliphatic carbocycles. The van der Waals surface area contributed by atoms with Crippen molar-refractivity contribution in [3.05, 3.63) is 0 Å². The second-order valence-electron chi connectivity index (χ2n) is 4.37. The van der Waals surface area contributed by atoms with Gasteiger partial charge >= 0.3 is 5.97 Å². The SMILES string of the molecule is CCCC(CNCNCCNC(C)=O)CC(=O)O. The van der Waals surface area contributed by atoms with Gasteiger partial charge in [0.05, 0.1) is 0 Å². The maximum Gasteiger partial charge on any atom is 0.303 e. The Morgan fingerprint density at radius 3 is 2.50 bits per heavy atom. The van der Waals surface area contributed by atoms with Crippen molar-refractivity contribution in [2.24, 2.45) is 5.92 Å². The van der Waals surface area contributed by atoms with Crippen LogP contribution in [-0.2, 0) is 9.59 Å². The molecule has 0 saturated heterocycles. The first-order chi connectivity index (χ1) is 8.56. The summed E-state index contributed by atoms with van der Waals surface area (Å²) in [6.07, 6.45) is 2.13. The summed E-state index contributed by atoms with van der Waals surface area (Å²) >= 11 is 0. The lowest BCUT2D eigenvalue weighted by Crippen LogP contribution is -2.37. The summed E-state index contributed by atoms with van der Waals surface area (Å²) in [5.74, 6) is -0.590. The fourth-order valence-corrected chi connectivity index (χ4v) is 1.71. The average molecular weight is 259 g/mol. The largest absolute Gasteiger partial charge is 0.481 e. The van der Waals surface area contributed by atoms with Crippen LogP contribution in [0.25, 0.3) is 0 Å². The van der Waals surface area contributed by atoms with Crippen LogP contribution >= 0.6 is 0 Å². The molecule has 6 heteroatoms. The molecule has 0 aromatic heterocycles. The van der Waals surface area contributed by atoms with Crippen molar-refractivity contribution in [3.63, 3.8) is 0 Å². The molecule has 0 heterocycles. The molecule has 0 radical (unpaired) electrons. The van der Waals surface area contributed by atoms with Crippen LogP contribution in [0.15, 0.2) is 0 Å². The lowest BCUT2D eigenvalue weighted by molar-refractivity contribution is -0.138. The zero-order valence-corrected chi connectivity index (χ0v) is 11.3. The normalized spacial score (nSPS) is 12.1. The summed E-state index contributed by atoms with van der Waals surface area (Å²) < 4.78 is 0. The molecular formula is C12H25N3O3. The van der Waals surface area contributed by atoms with Crippen molar-refractivity contribution in [2.45, 2.75) is 33.1 Å². The van der Waals surface area contributed by atoms with Gasteiger partial charge in [0.15, 0.2) is 0 Å². The summed E-state index contributed by atoms with van der Waals surface area (Å²) in [6.45, 7) is 6.17. The second-order valence-corrected chi connectivity index (χ2v) is 4.37. The number of rotatable bonds is 11. The van der Waals surface area contributed by atoms with Crippen molar-refractivity contribution in [3.8, 4) is 0 Å². The van der Waals surface area contributed by atoms with E-state index in [0.717, 1.165) is 12.8 Å². The number of hydrogen-bond acceptors (Lipinski definition) is 4. The Hall–Kier alpha value is -1.14. The maximum atomic E-state index is 10.6. The minimum Gasteiger partial charge on any atom is -0.481 e. The quantitative estimate of drug-likeness (QED) is 0.313. The lowest BCUT2D eigenvalue weighted by Gasteiger charge is -2.15. The van der Waals surface area contributed by atoms with Crippen molar-refractivity contribution in [1.29, 1.82) is 0 Å². The highest BCUT2D eigenvalue weighted by atomic mass is 16.4. The average Bonchev–Trinajstić information content (AvgIpc) is 2.26. The maximum absolute atomic E-state index is 10.6. The highest BCUT2D eigenvalue weighted by Gasteiger charge is 2.11. The molecular weight excluding hydrogens is 234 g/mol. The van der Waals surface area contributed by atoms with E-state index in [-0.39, 0.29) is 18.2 Å². The summed E-state index contributed by atoms with van der Waals surface area (Å²) in [5.41, 5.74) is 0. The van der Waals surface area contributed by atoms with Gasteiger partial charge in [-0.2, -0.15) is 0 Å². The van der Waals surface area contributed by atoms with Crippen LogP contribution in [0, 0.1) is 5.92 Å². The first-order valence-corrected chi connectivity index (χ1v) is 6.44. The molecule has 0 saturated carbocycles. The van der Waals surface area contributed by atoms with Crippen LogP contribution in [0.3, 0.4) is 0 Å². The predicted octanol–water partition coefficient (Wildman–Crippen LogP) is 0.150. The minimum atomic E-state index is -0.742. The van der Waals surface area contributed by atoms with E-state index < -0.39 is 5.97 Å². The summed E-state index contributed by atoms with van der Waals surface area (Å²) in [7, 11) is 0. The molecule has 0 fully saturated rings. The number of amides is 1. The van der Waals surface area contributed by atoms with E-state index in [1.165, 1.54) is 6.92 Å². The zero-order valence-electron chi connectivity index (χ0n) is 11.3. The van der Waals surface area contributed by atoms with Crippen LogP contribution in [0.2, 0.25) is 0 Å². The molecule has 0 rings (SSSR count). The van der Waals surface area contributed by atoms with Crippen LogP contribution in [0.4, 0.5) is 0 Å². The number of hydrogen-bond donors (Lipinski definition) is 4.